The number of H-pyrrole nitrogens is 1. The van der Waals surface area contributed by atoms with Crippen LogP contribution in [0.5, 0.6) is 0 Å². The molecule has 1 radical (unpaired) electrons. The molecular formula is C33H53CuN9O9. The molecule has 1 aromatic heterocycles. The van der Waals surface area contributed by atoms with Gasteiger partial charge in [-0.15, -0.1) is 0 Å². The van der Waals surface area contributed by atoms with Gasteiger partial charge in [-0.3, -0.25) is 14.4 Å². The molecule has 2 rings (SSSR count). The Bertz CT molecular complexity index is 1350. The van der Waals surface area contributed by atoms with Crippen LogP contribution in [0.15, 0.2) is 42.9 Å². The molecule has 5 atom stereocenters. The van der Waals surface area contributed by atoms with Crippen molar-refractivity contribution in [2.45, 2.75) is 90.0 Å². The first-order chi connectivity index (χ1) is 23.9. The minimum absolute atomic E-state index is 0. The van der Waals surface area contributed by atoms with E-state index in [1.54, 1.807) is 27.7 Å². The van der Waals surface area contributed by atoms with Gasteiger partial charge in [-0.05, 0) is 49.6 Å². The third kappa shape index (κ3) is 21.1. The van der Waals surface area contributed by atoms with Gasteiger partial charge in [0.15, 0.2) is 0 Å². The minimum atomic E-state index is -1.30. The van der Waals surface area contributed by atoms with Gasteiger partial charge < -0.3 is 68.8 Å². The van der Waals surface area contributed by atoms with E-state index in [0.29, 0.717) is 31.5 Å². The molecular weight excluding hydrogens is 730 g/mol. The van der Waals surface area contributed by atoms with Crippen LogP contribution in [0, 0.1) is 11.8 Å². The Morgan fingerprint density at radius 2 is 1.44 bits per heavy atom. The number of hydrogen-bond acceptors (Lipinski definition) is 13. The first-order valence-corrected chi connectivity index (χ1v) is 16.4. The van der Waals surface area contributed by atoms with Crippen molar-refractivity contribution < 1.29 is 61.2 Å². The van der Waals surface area contributed by atoms with Gasteiger partial charge >= 0.3 is 23.0 Å². The third-order valence-corrected chi connectivity index (χ3v) is 7.22. The van der Waals surface area contributed by atoms with Crippen molar-refractivity contribution in [3.63, 3.8) is 0 Å². The standard InChI is InChI=1S/C14H24N6O4.C14H20N2O3.C5H11NO2.Cu/c15-4-2-1-3-10(14(23)24)20-13(22)11(19-12(21)6-16)5-9-7-17-8-18-9;1-9(2)12(14(18)19)16-13(17)11(15)8-10-6-4-3-5-7-10;1-3(2)4(6)5(7)8;/h7-8,10-11H,1-6,15-16H2,(H,17,18)(H,19,21)(H,20,22)(H,23,24);3-7,9,11-12H,8,15H2,1-2H3,(H,16,17)(H,18,19);3-4H,6H2,1-2H3,(H,7,8);/q;;;+2/p-2/t10-,11-;11-,12-;4-;/m000./s1. The summed E-state index contributed by atoms with van der Waals surface area (Å²) in [6.07, 6.45) is 4.99. The van der Waals surface area contributed by atoms with E-state index < -0.39 is 65.8 Å². The van der Waals surface area contributed by atoms with Crippen molar-refractivity contribution in [1.29, 1.82) is 0 Å². The number of aliphatic carboxylic acids is 3. The first-order valence-electron chi connectivity index (χ1n) is 16.4. The SMILES string of the molecule is CC(C)[C@H](N)C(=O)[O-].CC(C)[C@H](NC(=O)[C@@H](N)Cc1ccccc1)C(=O)[O-].NCCCC[C@H](NC(=O)[C@H](Cc1cnc[nH]1)NC(=O)CN)C(=O)O.[Cu+2]. The zero-order chi connectivity index (χ0) is 39.1. The van der Waals surface area contributed by atoms with Gasteiger partial charge in [-0.1, -0.05) is 58.0 Å². The van der Waals surface area contributed by atoms with Crippen LogP contribution in [-0.4, -0.2) is 94.0 Å². The van der Waals surface area contributed by atoms with Crippen LogP contribution >= 0.6 is 0 Å². The van der Waals surface area contributed by atoms with E-state index in [1.807, 2.05) is 30.3 Å². The number of benzene rings is 1. The van der Waals surface area contributed by atoms with E-state index in [9.17, 15) is 44.1 Å². The summed E-state index contributed by atoms with van der Waals surface area (Å²) in [4.78, 5) is 74.5. The molecule has 13 N–H and O–H groups in total. The number of amides is 3. The predicted molar refractivity (Wildman–Crippen MR) is 183 cm³/mol. The molecule has 0 saturated heterocycles. The van der Waals surface area contributed by atoms with Crippen molar-refractivity contribution in [3.8, 4) is 0 Å². The van der Waals surface area contributed by atoms with Crippen LogP contribution in [0.2, 0.25) is 0 Å². The predicted octanol–water partition coefficient (Wildman–Crippen LogP) is -3.74. The van der Waals surface area contributed by atoms with Crippen LogP contribution in [0.4, 0.5) is 0 Å². The van der Waals surface area contributed by atoms with Crippen LogP contribution in [-0.2, 0) is 58.7 Å². The van der Waals surface area contributed by atoms with E-state index in [-0.39, 0.29) is 48.3 Å². The maximum absolute atomic E-state index is 12.4. The monoisotopic (exact) mass is 782 g/mol. The van der Waals surface area contributed by atoms with E-state index in [4.69, 9.17) is 22.9 Å². The molecule has 0 fully saturated rings. The maximum atomic E-state index is 12.4. The number of nitrogens with one attached hydrogen (secondary N) is 4. The number of carbonyl (C=O) groups excluding carboxylic acids is 5. The Morgan fingerprint density at radius 3 is 1.87 bits per heavy atom. The molecule has 1 heterocycles. The topological polar surface area (TPSA) is 338 Å². The van der Waals surface area contributed by atoms with E-state index in [2.05, 4.69) is 25.9 Å². The maximum Gasteiger partial charge on any atom is 2.00 e. The first kappa shape index (κ1) is 49.7. The molecule has 295 valence electrons. The average molecular weight is 783 g/mol. The number of unbranched alkanes of at least 4 members (excludes halogenated alkanes) is 1. The van der Waals surface area contributed by atoms with Crippen LogP contribution in [0.1, 0.15) is 58.2 Å². The van der Waals surface area contributed by atoms with Crippen molar-refractivity contribution in [1.82, 2.24) is 25.9 Å². The van der Waals surface area contributed by atoms with Gasteiger partial charge in [0, 0.05) is 24.4 Å². The summed E-state index contributed by atoms with van der Waals surface area (Å²) < 4.78 is 0. The number of nitrogens with two attached hydrogens (primary N) is 4. The second kappa shape index (κ2) is 27.3. The smallest absolute Gasteiger partial charge is 0.548 e. The normalized spacial score (nSPS) is 13.3. The minimum Gasteiger partial charge on any atom is -0.548 e. The zero-order valence-corrected chi connectivity index (χ0v) is 30.7. The zero-order valence-electron chi connectivity index (χ0n) is 29.8. The molecule has 0 aliphatic carbocycles. The number of aromatic amines is 1. The number of carbonyl (C=O) groups is 6. The molecule has 2 aromatic rings. The van der Waals surface area contributed by atoms with Gasteiger partial charge in [0.2, 0.25) is 17.7 Å². The number of aromatic nitrogens is 2. The molecule has 0 bridgehead atoms. The molecule has 52 heavy (non-hydrogen) atoms. The number of hydrogen-bond donors (Lipinski definition) is 9. The number of carboxylic acid groups (broad SMARTS) is 3. The van der Waals surface area contributed by atoms with Gasteiger partial charge in [0.05, 0.1) is 36.9 Å². The average Bonchev–Trinajstić information content (AvgIpc) is 3.59. The largest absolute Gasteiger partial charge is 2.00 e. The van der Waals surface area contributed by atoms with Gasteiger partial charge in [0.25, 0.3) is 0 Å². The Hall–Kier alpha value is -4.39. The van der Waals surface area contributed by atoms with Crippen LogP contribution < -0.4 is 49.1 Å². The van der Waals surface area contributed by atoms with Crippen LogP contribution in [0.3, 0.4) is 0 Å². The molecule has 0 saturated carbocycles. The van der Waals surface area contributed by atoms with Crippen molar-refractivity contribution in [2.24, 2.45) is 34.8 Å². The van der Waals surface area contributed by atoms with E-state index >= 15 is 0 Å². The molecule has 0 aliphatic heterocycles. The van der Waals surface area contributed by atoms with Crippen LogP contribution in [0.25, 0.3) is 0 Å². The summed E-state index contributed by atoms with van der Waals surface area (Å²) in [5, 5.41) is 37.4. The van der Waals surface area contributed by atoms with Gasteiger partial charge in [-0.2, -0.15) is 0 Å². The van der Waals surface area contributed by atoms with E-state index in [1.165, 1.54) is 12.5 Å². The third-order valence-electron chi connectivity index (χ3n) is 7.22. The fourth-order valence-electron chi connectivity index (χ4n) is 4.09. The molecule has 0 unspecified atom stereocenters. The summed E-state index contributed by atoms with van der Waals surface area (Å²) in [7, 11) is 0. The molecule has 18 nitrogen and oxygen atoms in total. The summed E-state index contributed by atoms with van der Waals surface area (Å²) in [6, 6.07) is 4.72. The Balaban J connectivity index is 0. The van der Waals surface area contributed by atoms with E-state index in [0.717, 1.165) is 5.56 Å². The summed E-state index contributed by atoms with van der Waals surface area (Å²) in [5.41, 5.74) is 23.1. The second-order valence-electron chi connectivity index (χ2n) is 12.2. The molecule has 3 amide bonds. The van der Waals surface area contributed by atoms with Crippen molar-refractivity contribution in [2.75, 3.05) is 13.1 Å². The molecule has 0 spiro atoms. The summed E-state index contributed by atoms with van der Waals surface area (Å²) >= 11 is 0. The number of rotatable bonds is 19. The van der Waals surface area contributed by atoms with Gasteiger partial charge in [-0.25, -0.2) is 9.78 Å². The Labute approximate surface area is 314 Å². The Morgan fingerprint density at radius 1 is 0.827 bits per heavy atom. The molecule has 19 heteroatoms. The second-order valence-corrected chi connectivity index (χ2v) is 12.2. The molecule has 1 aromatic carbocycles. The summed E-state index contributed by atoms with van der Waals surface area (Å²) in [6.45, 7) is 7.05. The molecule has 0 aliphatic rings. The number of nitrogens with zero attached hydrogens (tertiary/aromatic N) is 1. The van der Waals surface area contributed by atoms with Gasteiger partial charge in [0.1, 0.15) is 12.1 Å². The fraction of sp³-hybridized carbons (Fsp3) is 0.545. The number of carboxylic acids is 3. The quantitative estimate of drug-likeness (QED) is 0.0489. The van der Waals surface area contributed by atoms with Crippen molar-refractivity contribution in [3.05, 3.63) is 54.1 Å². The number of imidazole rings is 1. The fourth-order valence-corrected chi connectivity index (χ4v) is 4.09. The Kier molecular flexibility index (Phi) is 26.1. The summed E-state index contributed by atoms with van der Waals surface area (Å²) in [5.74, 6) is -5.48. The van der Waals surface area contributed by atoms with Crippen molar-refractivity contribution >= 4 is 35.6 Å².